The smallest absolute Gasteiger partial charge is 0.227 e. The maximum atomic E-state index is 12.4. The number of carbonyl (C=O) groups excluding carboxylic acids is 1. The summed E-state index contributed by atoms with van der Waals surface area (Å²) in [7, 11) is 0. The van der Waals surface area contributed by atoms with Crippen LogP contribution in [0.5, 0.6) is 0 Å². The normalized spacial score (nSPS) is 21.0. The molecule has 1 aromatic heterocycles. The number of nitrogens with one attached hydrogen (secondary N) is 1. The molecule has 0 spiro atoms. The number of aromatic nitrogens is 2. The van der Waals surface area contributed by atoms with Crippen molar-refractivity contribution in [2.75, 3.05) is 5.32 Å². The molecule has 3 rings (SSSR count). The highest BCUT2D eigenvalue weighted by atomic mass is 16.1. The number of benzene rings is 1. The van der Waals surface area contributed by atoms with Gasteiger partial charge in [0.25, 0.3) is 0 Å². The first kappa shape index (κ1) is 14.8. The van der Waals surface area contributed by atoms with Crippen LogP contribution in [0.25, 0.3) is 5.69 Å². The van der Waals surface area contributed by atoms with Gasteiger partial charge in [0.15, 0.2) is 0 Å². The largest absolute Gasteiger partial charge is 0.328 e. The van der Waals surface area contributed by atoms with Crippen LogP contribution in [0.4, 0.5) is 5.69 Å². The Morgan fingerprint density at radius 1 is 1.32 bits per heavy atom. The number of hydrogen-bond acceptors (Lipinski definition) is 3. The molecule has 1 saturated carbocycles. The molecule has 0 bridgehead atoms. The van der Waals surface area contributed by atoms with Crippen LogP contribution in [0.1, 0.15) is 30.7 Å². The molecular formula is C17H22N4O. The Morgan fingerprint density at radius 3 is 2.73 bits per heavy atom. The van der Waals surface area contributed by atoms with Gasteiger partial charge in [0.1, 0.15) is 0 Å². The third-order valence-corrected chi connectivity index (χ3v) is 4.24. The van der Waals surface area contributed by atoms with Crippen LogP contribution in [0.2, 0.25) is 0 Å². The number of anilines is 1. The Balaban J connectivity index is 1.86. The maximum absolute atomic E-state index is 12.4. The zero-order chi connectivity index (χ0) is 15.7. The Bertz CT molecular complexity index is 692. The molecule has 22 heavy (non-hydrogen) atoms. The van der Waals surface area contributed by atoms with Gasteiger partial charge in [0.2, 0.25) is 5.91 Å². The fourth-order valence-corrected chi connectivity index (χ4v) is 3.13. The quantitative estimate of drug-likeness (QED) is 0.914. The van der Waals surface area contributed by atoms with Crippen LogP contribution in [0, 0.1) is 19.8 Å². The first-order valence-electron chi connectivity index (χ1n) is 7.73. The molecule has 1 aromatic carbocycles. The van der Waals surface area contributed by atoms with Crippen molar-refractivity contribution in [3.05, 3.63) is 41.7 Å². The number of aryl methyl sites for hydroxylation is 2. The van der Waals surface area contributed by atoms with E-state index in [0.29, 0.717) is 0 Å². The van der Waals surface area contributed by atoms with Gasteiger partial charge in [0, 0.05) is 17.7 Å². The van der Waals surface area contributed by atoms with E-state index in [1.165, 1.54) is 0 Å². The van der Waals surface area contributed by atoms with Crippen molar-refractivity contribution >= 4 is 11.6 Å². The van der Waals surface area contributed by atoms with Gasteiger partial charge in [-0.2, -0.15) is 5.10 Å². The number of nitrogens with zero attached hydrogens (tertiary/aromatic N) is 2. The molecule has 2 aromatic rings. The van der Waals surface area contributed by atoms with Gasteiger partial charge in [-0.3, -0.25) is 4.79 Å². The topological polar surface area (TPSA) is 72.9 Å². The summed E-state index contributed by atoms with van der Waals surface area (Å²) in [5.41, 5.74) is 9.59. The van der Waals surface area contributed by atoms with Gasteiger partial charge in [0.05, 0.1) is 17.1 Å². The highest BCUT2D eigenvalue weighted by molar-refractivity contribution is 5.94. The lowest BCUT2D eigenvalue weighted by Gasteiger charge is -2.15. The minimum Gasteiger partial charge on any atom is -0.328 e. The molecule has 5 nitrogen and oxygen atoms in total. The second-order valence-electron chi connectivity index (χ2n) is 6.12. The van der Waals surface area contributed by atoms with Gasteiger partial charge in [-0.1, -0.05) is 12.1 Å². The van der Waals surface area contributed by atoms with Crippen molar-refractivity contribution in [3.8, 4) is 5.69 Å². The summed E-state index contributed by atoms with van der Waals surface area (Å²) in [5.74, 6) is 0.0745. The van der Waals surface area contributed by atoms with Crippen LogP contribution >= 0.6 is 0 Å². The lowest BCUT2D eigenvalue weighted by atomic mass is 10.1. The second-order valence-corrected chi connectivity index (χ2v) is 6.12. The molecule has 116 valence electrons. The van der Waals surface area contributed by atoms with E-state index in [2.05, 4.69) is 10.4 Å². The Hall–Kier alpha value is -2.14. The zero-order valence-electron chi connectivity index (χ0n) is 13.0. The predicted molar refractivity (Wildman–Crippen MR) is 87.0 cm³/mol. The molecule has 1 aliphatic carbocycles. The summed E-state index contributed by atoms with van der Waals surface area (Å²) in [5, 5.41) is 7.56. The van der Waals surface area contributed by atoms with E-state index in [-0.39, 0.29) is 17.9 Å². The molecule has 0 aliphatic heterocycles. The lowest BCUT2D eigenvalue weighted by molar-refractivity contribution is -0.119. The van der Waals surface area contributed by atoms with Crippen molar-refractivity contribution in [1.29, 1.82) is 0 Å². The molecule has 1 aliphatic rings. The zero-order valence-corrected chi connectivity index (χ0v) is 13.0. The standard InChI is InChI=1S/C17H22N4O/c1-11-9-12(2)21(20-11)16-6-4-3-5-15(16)19-17(22)13-7-8-14(18)10-13/h3-6,9,13-14H,7-8,10,18H2,1-2H3,(H,19,22). The Morgan fingerprint density at radius 2 is 2.09 bits per heavy atom. The molecule has 0 radical (unpaired) electrons. The highest BCUT2D eigenvalue weighted by Crippen LogP contribution is 2.27. The Labute approximate surface area is 130 Å². The minimum absolute atomic E-state index is 0.0171. The van der Waals surface area contributed by atoms with Crippen LogP contribution in [-0.2, 0) is 4.79 Å². The van der Waals surface area contributed by atoms with Gasteiger partial charge < -0.3 is 11.1 Å². The average molecular weight is 298 g/mol. The molecule has 3 N–H and O–H groups in total. The Kier molecular flexibility index (Phi) is 3.98. The fourth-order valence-electron chi connectivity index (χ4n) is 3.13. The van der Waals surface area contributed by atoms with Crippen molar-refractivity contribution in [3.63, 3.8) is 0 Å². The highest BCUT2D eigenvalue weighted by Gasteiger charge is 2.28. The van der Waals surface area contributed by atoms with Crippen LogP contribution in [0.3, 0.4) is 0 Å². The minimum atomic E-state index is 0.0171. The van der Waals surface area contributed by atoms with Gasteiger partial charge in [-0.05, 0) is 51.3 Å². The predicted octanol–water partition coefficient (Wildman–Crippen LogP) is 2.56. The second kappa shape index (κ2) is 5.93. The summed E-state index contributed by atoms with van der Waals surface area (Å²) in [6.45, 7) is 3.97. The molecule has 2 atom stereocenters. The lowest BCUT2D eigenvalue weighted by Crippen LogP contribution is -2.24. The van der Waals surface area contributed by atoms with Crippen molar-refractivity contribution in [1.82, 2.24) is 9.78 Å². The summed E-state index contributed by atoms with van der Waals surface area (Å²) in [6, 6.07) is 9.93. The van der Waals surface area contributed by atoms with Crippen LogP contribution in [0.15, 0.2) is 30.3 Å². The van der Waals surface area contributed by atoms with E-state index >= 15 is 0 Å². The van der Waals surface area contributed by atoms with E-state index in [4.69, 9.17) is 5.73 Å². The van der Waals surface area contributed by atoms with Crippen LogP contribution < -0.4 is 11.1 Å². The van der Waals surface area contributed by atoms with E-state index in [0.717, 1.165) is 42.0 Å². The molecule has 0 saturated heterocycles. The molecule has 1 amide bonds. The summed E-state index contributed by atoms with van der Waals surface area (Å²) in [4.78, 5) is 12.4. The molecule has 1 heterocycles. The first-order valence-corrected chi connectivity index (χ1v) is 7.73. The average Bonchev–Trinajstić information content (AvgIpc) is 3.05. The van der Waals surface area contributed by atoms with E-state index in [9.17, 15) is 4.79 Å². The van der Waals surface area contributed by atoms with E-state index < -0.39 is 0 Å². The first-order chi connectivity index (χ1) is 10.5. The van der Waals surface area contributed by atoms with E-state index in [1.54, 1.807) is 0 Å². The molecule has 2 unspecified atom stereocenters. The summed E-state index contributed by atoms with van der Waals surface area (Å²) in [6.07, 6.45) is 2.57. The van der Waals surface area contributed by atoms with Gasteiger partial charge in [-0.25, -0.2) is 4.68 Å². The number of hydrogen-bond donors (Lipinski definition) is 2. The van der Waals surface area contributed by atoms with Crippen molar-refractivity contribution in [2.45, 2.75) is 39.2 Å². The fraction of sp³-hybridized carbons (Fsp3) is 0.412. The SMILES string of the molecule is Cc1cc(C)n(-c2ccccc2NC(=O)C2CCC(N)C2)n1. The monoisotopic (exact) mass is 298 g/mol. The third-order valence-electron chi connectivity index (χ3n) is 4.24. The summed E-state index contributed by atoms with van der Waals surface area (Å²) >= 11 is 0. The molecule has 5 heteroatoms. The number of amides is 1. The maximum Gasteiger partial charge on any atom is 0.227 e. The molecular weight excluding hydrogens is 276 g/mol. The van der Waals surface area contributed by atoms with Gasteiger partial charge >= 0.3 is 0 Å². The van der Waals surface area contributed by atoms with E-state index in [1.807, 2.05) is 48.9 Å². The number of nitrogens with two attached hydrogens (primary N) is 1. The van der Waals surface area contributed by atoms with Crippen molar-refractivity contribution < 1.29 is 4.79 Å². The molecule has 1 fully saturated rings. The van der Waals surface area contributed by atoms with Gasteiger partial charge in [-0.15, -0.1) is 0 Å². The number of rotatable bonds is 3. The summed E-state index contributed by atoms with van der Waals surface area (Å²) < 4.78 is 1.87. The number of carbonyl (C=O) groups is 1. The number of para-hydroxylation sites is 2. The van der Waals surface area contributed by atoms with Crippen LogP contribution in [-0.4, -0.2) is 21.7 Å². The van der Waals surface area contributed by atoms with Crippen molar-refractivity contribution in [2.24, 2.45) is 11.7 Å². The third kappa shape index (κ3) is 2.90.